The molecule has 3 aromatic rings. The van der Waals surface area contributed by atoms with Gasteiger partial charge < -0.3 is 0 Å². The zero-order valence-corrected chi connectivity index (χ0v) is 18.7. The molecule has 3 rings (SSSR count). The van der Waals surface area contributed by atoms with Gasteiger partial charge in [-0.1, -0.05) is 12.1 Å². The smallest absolute Gasteiger partial charge is 0.283 e. The van der Waals surface area contributed by atoms with E-state index in [9.17, 15) is 23.3 Å². The highest BCUT2D eigenvalue weighted by Crippen LogP contribution is 2.33. The molecule has 1 heterocycles. The quantitative estimate of drug-likeness (QED) is 0.161. The first-order valence-electron chi connectivity index (χ1n) is 9.17. The number of carbonyl (C=O) groups excluding carboxylic acids is 1. The molecule has 1 aromatic heterocycles. The van der Waals surface area contributed by atoms with Crippen molar-refractivity contribution in [3.8, 4) is 0 Å². The minimum Gasteiger partial charge on any atom is -0.289 e. The third-order valence-electron chi connectivity index (χ3n) is 4.27. The molecule has 0 fully saturated rings. The van der Waals surface area contributed by atoms with Crippen LogP contribution in [0.4, 0.5) is 5.69 Å². The number of hydrogen-bond donors (Lipinski definition) is 0. The number of rotatable bonds is 8. The molecule has 0 unspecified atom stereocenters. The number of hydrogen-bond acceptors (Lipinski definition) is 8. The molecule has 0 saturated carbocycles. The third-order valence-corrected chi connectivity index (χ3v) is 7.06. The monoisotopic (exact) mass is 470 g/mol. The standard InChI is InChI=1S/C21H18N4O5S2/c1-24(2)32(29,30)17-8-6-16(7-9-17)19(26)10-4-15-5-11-20(18(14-15)25(27)28)31-21-22-12-3-13-23-21/h3-14H,1-2H3/b10-4+. The maximum atomic E-state index is 12.4. The van der Waals surface area contributed by atoms with Gasteiger partial charge in [0.15, 0.2) is 10.9 Å². The summed E-state index contributed by atoms with van der Waals surface area (Å²) >= 11 is 1.07. The summed E-state index contributed by atoms with van der Waals surface area (Å²) in [6.07, 6.45) is 5.84. The van der Waals surface area contributed by atoms with E-state index in [1.807, 2.05) is 0 Å². The van der Waals surface area contributed by atoms with Gasteiger partial charge in [-0.25, -0.2) is 22.7 Å². The highest BCUT2D eigenvalue weighted by atomic mass is 32.2. The molecule has 0 aliphatic carbocycles. The van der Waals surface area contributed by atoms with E-state index in [4.69, 9.17) is 0 Å². The molecule has 0 spiro atoms. The number of benzene rings is 2. The van der Waals surface area contributed by atoms with E-state index >= 15 is 0 Å². The number of nitro benzene ring substituents is 1. The fourth-order valence-electron chi connectivity index (χ4n) is 2.57. The van der Waals surface area contributed by atoms with Gasteiger partial charge in [-0.05, 0) is 59.8 Å². The lowest BCUT2D eigenvalue weighted by Crippen LogP contribution is -2.22. The number of carbonyl (C=O) groups is 1. The molecular weight excluding hydrogens is 452 g/mol. The van der Waals surface area contributed by atoms with Crippen LogP contribution < -0.4 is 0 Å². The largest absolute Gasteiger partial charge is 0.289 e. The van der Waals surface area contributed by atoms with Crippen molar-refractivity contribution in [1.29, 1.82) is 0 Å². The summed E-state index contributed by atoms with van der Waals surface area (Å²) in [6.45, 7) is 0. The Morgan fingerprint density at radius 1 is 1.09 bits per heavy atom. The second-order valence-corrected chi connectivity index (χ2v) is 9.79. The molecule has 2 aromatic carbocycles. The summed E-state index contributed by atoms with van der Waals surface area (Å²) in [5, 5.41) is 11.9. The van der Waals surface area contributed by atoms with Crippen molar-refractivity contribution in [2.24, 2.45) is 0 Å². The van der Waals surface area contributed by atoms with E-state index in [0.717, 1.165) is 16.1 Å². The van der Waals surface area contributed by atoms with E-state index in [1.54, 1.807) is 30.6 Å². The van der Waals surface area contributed by atoms with Crippen molar-refractivity contribution in [2.45, 2.75) is 14.9 Å². The molecule has 0 amide bonds. The van der Waals surface area contributed by atoms with E-state index in [0.29, 0.717) is 21.2 Å². The minimum atomic E-state index is -3.59. The number of nitrogens with zero attached hydrogens (tertiary/aromatic N) is 4. The number of aromatic nitrogens is 2. The molecule has 32 heavy (non-hydrogen) atoms. The Kier molecular flexibility index (Phi) is 7.13. The molecule has 0 radical (unpaired) electrons. The maximum absolute atomic E-state index is 12.4. The lowest BCUT2D eigenvalue weighted by molar-refractivity contribution is -0.387. The third kappa shape index (κ3) is 5.44. The van der Waals surface area contributed by atoms with Gasteiger partial charge in [0.05, 0.1) is 14.7 Å². The zero-order chi connectivity index (χ0) is 23.3. The first kappa shape index (κ1) is 23.3. The highest BCUT2D eigenvalue weighted by Gasteiger charge is 2.18. The Morgan fingerprint density at radius 2 is 1.75 bits per heavy atom. The van der Waals surface area contributed by atoms with Crippen molar-refractivity contribution >= 4 is 39.3 Å². The van der Waals surface area contributed by atoms with Crippen LogP contribution in [0.1, 0.15) is 15.9 Å². The zero-order valence-electron chi connectivity index (χ0n) is 17.1. The first-order chi connectivity index (χ1) is 15.2. The van der Waals surface area contributed by atoms with Crippen LogP contribution in [0.5, 0.6) is 0 Å². The van der Waals surface area contributed by atoms with Crippen LogP contribution in [0, 0.1) is 10.1 Å². The summed E-state index contributed by atoms with van der Waals surface area (Å²) in [6, 6.07) is 11.8. The van der Waals surface area contributed by atoms with Gasteiger partial charge in [0.2, 0.25) is 10.0 Å². The topological polar surface area (TPSA) is 123 Å². The molecule has 0 atom stereocenters. The summed E-state index contributed by atoms with van der Waals surface area (Å²) in [5.41, 5.74) is 0.632. The van der Waals surface area contributed by atoms with Gasteiger partial charge in [0.25, 0.3) is 5.69 Å². The molecule has 0 bridgehead atoms. The van der Waals surface area contributed by atoms with E-state index < -0.39 is 14.9 Å². The van der Waals surface area contributed by atoms with Gasteiger partial charge in [-0.3, -0.25) is 14.9 Å². The summed E-state index contributed by atoms with van der Waals surface area (Å²) in [7, 11) is -0.738. The Morgan fingerprint density at radius 3 is 2.34 bits per heavy atom. The van der Waals surface area contributed by atoms with E-state index in [-0.39, 0.29) is 16.4 Å². The maximum Gasteiger partial charge on any atom is 0.283 e. The van der Waals surface area contributed by atoms with Crippen molar-refractivity contribution in [3.05, 3.63) is 88.2 Å². The summed E-state index contributed by atoms with van der Waals surface area (Å²) < 4.78 is 25.3. The average molecular weight is 471 g/mol. The van der Waals surface area contributed by atoms with Crippen LogP contribution >= 0.6 is 11.8 Å². The predicted octanol–water partition coefficient (Wildman–Crippen LogP) is 3.68. The van der Waals surface area contributed by atoms with Crippen LogP contribution in [0.3, 0.4) is 0 Å². The van der Waals surface area contributed by atoms with Gasteiger partial charge in [0, 0.05) is 38.1 Å². The van der Waals surface area contributed by atoms with Gasteiger partial charge >= 0.3 is 0 Å². The summed E-state index contributed by atoms with van der Waals surface area (Å²) in [4.78, 5) is 32.0. The second kappa shape index (κ2) is 9.81. The molecule has 0 aliphatic heterocycles. The summed E-state index contributed by atoms with van der Waals surface area (Å²) in [5.74, 6) is -0.363. The van der Waals surface area contributed by atoms with Crippen molar-refractivity contribution in [1.82, 2.24) is 14.3 Å². The van der Waals surface area contributed by atoms with Crippen LogP contribution in [0.15, 0.2) is 81.9 Å². The van der Waals surface area contributed by atoms with Crippen LogP contribution in [-0.4, -0.2) is 47.5 Å². The Hall–Kier alpha value is -3.41. The number of nitro groups is 1. The SMILES string of the molecule is CN(C)S(=O)(=O)c1ccc(C(=O)/C=C/c2ccc(Sc3ncccn3)c([N+](=O)[O-])c2)cc1. The van der Waals surface area contributed by atoms with Crippen LogP contribution in [0.25, 0.3) is 6.08 Å². The molecule has 164 valence electrons. The normalized spacial score (nSPS) is 11.7. The number of allylic oxidation sites excluding steroid dienone is 1. The van der Waals surface area contributed by atoms with Crippen LogP contribution in [0.2, 0.25) is 0 Å². The molecular formula is C21H18N4O5S2. The lowest BCUT2D eigenvalue weighted by atomic mass is 10.1. The van der Waals surface area contributed by atoms with Crippen molar-refractivity contribution in [2.75, 3.05) is 14.1 Å². The Balaban J connectivity index is 1.79. The second-order valence-electron chi connectivity index (χ2n) is 6.63. The number of ketones is 1. The molecule has 0 N–H and O–H groups in total. The van der Waals surface area contributed by atoms with Crippen LogP contribution in [-0.2, 0) is 10.0 Å². The highest BCUT2D eigenvalue weighted by molar-refractivity contribution is 7.99. The molecule has 9 nitrogen and oxygen atoms in total. The molecule has 11 heteroatoms. The predicted molar refractivity (Wildman–Crippen MR) is 120 cm³/mol. The van der Waals surface area contributed by atoms with Crippen molar-refractivity contribution < 1.29 is 18.1 Å². The first-order valence-corrected chi connectivity index (χ1v) is 11.4. The fraction of sp³-hybridized carbons (Fsp3) is 0.0952. The Labute approximate surface area is 189 Å². The van der Waals surface area contributed by atoms with Gasteiger partial charge in [-0.15, -0.1) is 0 Å². The minimum absolute atomic E-state index is 0.0779. The van der Waals surface area contributed by atoms with Gasteiger partial charge in [-0.2, -0.15) is 0 Å². The van der Waals surface area contributed by atoms with Gasteiger partial charge in [0.1, 0.15) is 0 Å². The average Bonchev–Trinajstić information content (AvgIpc) is 2.78. The lowest BCUT2D eigenvalue weighted by Gasteiger charge is -2.11. The van der Waals surface area contributed by atoms with Crippen molar-refractivity contribution in [3.63, 3.8) is 0 Å². The Bertz CT molecular complexity index is 1280. The number of sulfonamides is 1. The van der Waals surface area contributed by atoms with E-state index in [2.05, 4.69) is 9.97 Å². The molecule has 0 aliphatic rings. The fourth-order valence-corrected chi connectivity index (χ4v) is 4.27. The molecule has 0 saturated heterocycles. The van der Waals surface area contributed by atoms with E-state index in [1.165, 1.54) is 56.6 Å².